The molecule has 7 rings (SSSR count). The van der Waals surface area contributed by atoms with Crippen LogP contribution >= 0.6 is 0 Å². The van der Waals surface area contributed by atoms with Crippen molar-refractivity contribution in [2.24, 2.45) is 0 Å². The highest BCUT2D eigenvalue weighted by molar-refractivity contribution is 5.92. The van der Waals surface area contributed by atoms with E-state index in [0.717, 1.165) is 44.7 Å². The van der Waals surface area contributed by atoms with Gasteiger partial charge in [-0.25, -0.2) is 4.98 Å². The van der Waals surface area contributed by atoms with Crippen molar-refractivity contribution in [3.05, 3.63) is 150 Å². The summed E-state index contributed by atoms with van der Waals surface area (Å²) in [7, 11) is 0. The zero-order valence-corrected chi connectivity index (χ0v) is 18.9. The van der Waals surface area contributed by atoms with Crippen molar-refractivity contribution in [3.8, 4) is 5.69 Å². The molecular weight excluding hydrogens is 428 g/mol. The van der Waals surface area contributed by atoms with Gasteiger partial charge in [-0.05, 0) is 65.2 Å². The minimum Gasteiger partial charge on any atom is -0.278 e. The highest BCUT2D eigenvalue weighted by Crippen LogP contribution is 2.33. The van der Waals surface area contributed by atoms with E-state index in [1.807, 2.05) is 24.5 Å². The average Bonchev–Trinajstić information content (AvgIpc) is 3.45. The van der Waals surface area contributed by atoms with Crippen LogP contribution in [0.1, 0.15) is 16.7 Å². The van der Waals surface area contributed by atoms with Crippen LogP contribution in [0.2, 0.25) is 0 Å². The normalized spacial score (nSPS) is 11.7. The molecule has 35 heavy (non-hydrogen) atoms. The van der Waals surface area contributed by atoms with Gasteiger partial charge < -0.3 is 0 Å². The molecule has 4 nitrogen and oxygen atoms in total. The summed E-state index contributed by atoms with van der Waals surface area (Å²) in [6, 6.07) is 40.2. The molecular formula is C31H21N4. The number of imidazole rings is 2. The summed E-state index contributed by atoms with van der Waals surface area (Å²) in [5.74, 6) is 2.11. The quantitative estimate of drug-likeness (QED) is 0.295. The van der Waals surface area contributed by atoms with Gasteiger partial charge in [-0.15, -0.1) is 0 Å². The molecule has 0 bridgehead atoms. The van der Waals surface area contributed by atoms with E-state index in [2.05, 4.69) is 117 Å². The topological polar surface area (TPSA) is 35.1 Å². The maximum absolute atomic E-state index is 5.00. The van der Waals surface area contributed by atoms with Crippen LogP contribution < -0.4 is 0 Å². The standard InChI is InChI=1S/C31H21N4/c1-2-8-22(9-3-1)30(24-18-20-32-21-19-24)23-14-16-25(17-15-23)34-28-12-6-7-13-29(28)35-27-11-5-4-10-26(27)33-31(34)35/h1-21H. The lowest BCUT2D eigenvalue weighted by atomic mass is 9.85. The number of rotatable bonds is 4. The second kappa shape index (κ2) is 7.96. The summed E-state index contributed by atoms with van der Waals surface area (Å²) >= 11 is 0. The highest BCUT2D eigenvalue weighted by Gasteiger charge is 2.19. The number of nitrogens with zero attached hydrogens (tertiary/aromatic N) is 4. The third-order valence-corrected chi connectivity index (χ3v) is 6.55. The molecule has 0 aliphatic rings. The van der Waals surface area contributed by atoms with Crippen molar-refractivity contribution in [2.75, 3.05) is 0 Å². The third kappa shape index (κ3) is 3.15. The van der Waals surface area contributed by atoms with Gasteiger partial charge >= 0.3 is 0 Å². The predicted octanol–water partition coefficient (Wildman–Crippen LogP) is 6.85. The minimum atomic E-state index is 0.918. The maximum atomic E-state index is 5.00. The molecule has 0 unspecified atom stereocenters. The number of hydrogen-bond acceptors (Lipinski definition) is 2. The molecule has 0 spiro atoms. The summed E-state index contributed by atoms with van der Waals surface area (Å²) in [6.45, 7) is 0. The summed E-state index contributed by atoms with van der Waals surface area (Å²) < 4.78 is 4.49. The van der Waals surface area contributed by atoms with E-state index in [0.29, 0.717) is 0 Å². The van der Waals surface area contributed by atoms with E-state index in [9.17, 15) is 0 Å². The fraction of sp³-hybridized carbons (Fsp3) is 0. The Morgan fingerprint density at radius 1 is 0.514 bits per heavy atom. The molecule has 4 heteroatoms. The largest absolute Gasteiger partial charge is 0.278 e. The molecule has 0 atom stereocenters. The first-order valence-electron chi connectivity index (χ1n) is 11.7. The van der Waals surface area contributed by atoms with Crippen LogP contribution in [0.15, 0.2) is 128 Å². The van der Waals surface area contributed by atoms with E-state index in [-0.39, 0.29) is 0 Å². The first-order valence-corrected chi connectivity index (χ1v) is 11.7. The van der Waals surface area contributed by atoms with Crippen LogP contribution in [0.4, 0.5) is 0 Å². The van der Waals surface area contributed by atoms with Gasteiger partial charge in [0.2, 0.25) is 5.78 Å². The van der Waals surface area contributed by atoms with Gasteiger partial charge in [0.05, 0.1) is 28.0 Å². The molecule has 3 aromatic heterocycles. The van der Waals surface area contributed by atoms with Crippen LogP contribution in [-0.4, -0.2) is 18.9 Å². The minimum absolute atomic E-state index is 0.918. The van der Waals surface area contributed by atoms with Crippen molar-refractivity contribution < 1.29 is 0 Å². The lowest BCUT2D eigenvalue weighted by Gasteiger charge is -2.18. The van der Waals surface area contributed by atoms with E-state index in [4.69, 9.17) is 4.98 Å². The number of benzene rings is 4. The fourth-order valence-corrected chi connectivity index (χ4v) is 5.01. The summed E-state index contributed by atoms with van der Waals surface area (Å²) in [5, 5.41) is 0. The molecule has 4 aromatic carbocycles. The second-order valence-corrected chi connectivity index (χ2v) is 8.58. The predicted molar refractivity (Wildman–Crippen MR) is 141 cm³/mol. The van der Waals surface area contributed by atoms with Gasteiger partial charge in [-0.2, -0.15) is 0 Å². The molecule has 0 aliphatic heterocycles. The first-order chi connectivity index (χ1) is 17.4. The Hall–Kier alpha value is -4.70. The van der Waals surface area contributed by atoms with Gasteiger partial charge in [0.25, 0.3) is 0 Å². The monoisotopic (exact) mass is 449 g/mol. The summed E-state index contributed by atoms with van der Waals surface area (Å²) in [4.78, 5) is 9.21. The average molecular weight is 450 g/mol. The summed E-state index contributed by atoms with van der Waals surface area (Å²) in [5.41, 5.74) is 8.96. The molecule has 0 saturated carbocycles. The van der Waals surface area contributed by atoms with Crippen LogP contribution in [0.5, 0.6) is 0 Å². The highest BCUT2D eigenvalue weighted by atomic mass is 15.2. The summed E-state index contributed by atoms with van der Waals surface area (Å²) in [6.07, 6.45) is 3.69. The number of aromatic nitrogens is 4. The Morgan fingerprint density at radius 3 is 1.89 bits per heavy atom. The van der Waals surface area contributed by atoms with Crippen molar-refractivity contribution >= 4 is 27.8 Å². The third-order valence-electron chi connectivity index (χ3n) is 6.55. The zero-order valence-electron chi connectivity index (χ0n) is 18.9. The number of pyridine rings is 1. The molecule has 0 N–H and O–H groups in total. The Kier molecular flexibility index (Phi) is 4.49. The van der Waals surface area contributed by atoms with E-state index < -0.39 is 0 Å². The molecule has 165 valence electrons. The molecule has 0 aliphatic carbocycles. The van der Waals surface area contributed by atoms with Gasteiger partial charge in [0.1, 0.15) is 0 Å². The number of para-hydroxylation sites is 4. The number of hydrogen-bond donors (Lipinski definition) is 0. The molecule has 0 fully saturated rings. The Bertz CT molecular complexity index is 1740. The zero-order chi connectivity index (χ0) is 23.2. The van der Waals surface area contributed by atoms with Gasteiger partial charge in [0.15, 0.2) is 0 Å². The van der Waals surface area contributed by atoms with Crippen LogP contribution in [0, 0.1) is 5.92 Å². The van der Waals surface area contributed by atoms with Crippen molar-refractivity contribution in [3.63, 3.8) is 0 Å². The van der Waals surface area contributed by atoms with Gasteiger partial charge in [0, 0.05) is 18.1 Å². The van der Waals surface area contributed by atoms with Crippen molar-refractivity contribution in [2.45, 2.75) is 0 Å². The van der Waals surface area contributed by atoms with Crippen LogP contribution in [-0.2, 0) is 0 Å². The Labute approximate surface area is 202 Å². The lowest BCUT2D eigenvalue weighted by molar-refractivity contribution is 1.10. The molecule has 0 amide bonds. The molecule has 0 saturated heterocycles. The fourth-order valence-electron chi connectivity index (χ4n) is 5.01. The number of fused-ring (bicyclic) bond motifs is 5. The maximum Gasteiger partial charge on any atom is 0.220 e. The van der Waals surface area contributed by atoms with E-state index in [1.165, 1.54) is 11.5 Å². The van der Waals surface area contributed by atoms with Gasteiger partial charge in [-0.1, -0.05) is 66.7 Å². The smallest absolute Gasteiger partial charge is 0.220 e. The van der Waals surface area contributed by atoms with Gasteiger partial charge in [-0.3, -0.25) is 14.0 Å². The first kappa shape index (κ1) is 19.7. The molecule has 7 aromatic rings. The van der Waals surface area contributed by atoms with Crippen molar-refractivity contribution in [1.29, 1.82) is 0 Å². The molecule has 1 radical (unpaired) electrons. The lowest BCUT2D eigenvalue weighted by Crippen LogP contribution is -2.05. The van der Waals surface area contributed by atoms with E-state index >= 15 is 0 Å². The SMILES string of the molecule is c1ccc([C](c2ccncc2)c2ccc(-n3c4ccccc4n4c5ccccc5nc34)cc2)cc1. The molecule has 3 heterocycles. The van der Waals surface area contributed by atoms with Crippen molar-refractivity contribution in [1.82, 2.24) is 18.9 Å². The van der Waals surface area contributed by atoms with E-state index in [1.54, 1.807) is 0 Å². The van der Waals surface area contributed by atoms with Crippen LogP contribution in [0.3, 0.4) is 0 Å². The second-order valence-electron chi connectivity index (χ2n) is 8.58. The van der Waals surface area contributed by atoms with Crippen LogP contribution in [0.25, 0.3) is 33.5 Å². The Morgan fingerprint density at radius 2 is 1.11 bits per heavy atom. The Balaban J connectivity index is 1.41.